The highest BCUT2D eigenvalue weighted by Crippen LogP contribution is 2.30. The van der Waals surface area contributed by atoms with Crippen molar-refractivity contribution in [3.8, 4) is 23.3 Å². The lowest BCUT2D eigenvalue weighted by Crippen LogP contribution is -2.13. The molecule has 1 amide bonds. The number of ether oxygens (including phenoxy) is 2. The summed E-state index contributed by atoms with van der Waals surface area (Å²) in [5.41, 5.74) is 1.94. The van der Waals surface area contributed by atoms with Gasteiger partial charge in [-0.15, -0.1) is 0 Å². The number of anilines is 1. The number of halogens is 1. The largest absolute Gasteiger partial charge is 0.508 e. The molecule has 3 rings (SSSR count). The molecule has 31 heavy (non-hydrogen) atoms. The van der Waals surface area contributed by atoms with E-state index in [1.165, 1.54) is 37.5 Å². The number of nitriles is 1. The smallest absolute Gasteiger partial charge is 0.266 e. The summed E-state index contributed by atoms with van der Waals surface area (Å²) in [6.07, 6.45) is 1.46. The molecule has 0 bridgehead atoms. The standard InChI is InChI=1S/C24H19ClN2O4/c1-30-23-13-17(4-11-22(23)31-15-16-2-5-19(25)6-3-16)12-18(14-26)24(29)27-20-7-9-21(28)10-8-20/h2-13,28H,15H2,1H3,(H,27,29)/b18-12-. The molecule has 0 unspecified atom stereocenters. The maximum Gasteiger partial charge on any atom is 0.266 e. The number of nitrogens with zero attached hydrogens (tertiary/aromatic N) is 1. The van der Waals surface area contributed by atoms with Crippen molar-refractivity contribution in [2.45, 2.75) is 6.61 Å². The second-order valence-electron chi connectivity index (χ2n) is 6.50. The van der Waals surface area contributed by atoms with Gasteiger partial charge >= 0.3 is 0 Å². The van der Waals surface area contributed by atoms with Crippen molar-refractivity contribution >= 4 is 29.3 Å². The highest BCUT2D eigenvalue weighted by atomic mass is 35.5. The number of benzene rings is 3. The van der Waals surface area contributed by atoms with E-state index in [2.05, 4.69) is 5.32 Å². The van der Waals surface area contributed by atoms with Crippen LogP contribution < -0.4 is 14.8 Å². The first-order valence-corrected chi connectivity index (χ1v) is 9.64. The molecule has 0 saturated carbocycles. The van der Waals surface area contributed by atoms with Crippen molar-refractivity contribution in [3.05, 3.63) is 88.5 Å². The molecule has 0 aliphatic rings. The summed E-state index contributed by atoms with van der Waals surface area (Å²) in [6.45, 7) is 0.335. The molecular formula is C24H19ClN2O4. The number of hydrogen-bond donors (Lipinski definition) is 2. The molecule has 0 spiro atoms. The van der Waals surface area contributed by atoms with Crippen LogP contribution in [-0.4, -0.2) is 18.1 Å². The molecule has 3 aromatic carbocycles. The van der Waals surface area contributed by atoms with E-state index >= 15 is 0 Å². The lowest BCUT2D eigenvalue weighted by Gasteiger charge is -2.12. The fourth-order valence-electron chi connectivity index (χ4n) is 2.69. The number of hydrogen-bond acceptors (Lipinski definition) is 5. The quantitative estimate of drug-likeness (QED) is 0.304. The maximum absolute atomic E-state index is 12.4. The minimum Gasteiger partial charge on any atom is -0.508 e. The second kappa shape index (κ2) is 10.2. The van der Waals surface area contributed by atoms with Gasteiger partial charge < -0.3 is 19.9 Å². The van der Waals surface area contributed by atoms with Crippen molar-refractivity contribution in [2.75, 3.05) is 12.4 Å². The first kappa shape index (κ1) is 21.8. The molecular weight excluding hydrogens is 416 g/mol. The number of phenolic OH excluding ortho intramolecular Hbond substituents is 1. The minimum absolute atomic E-state index is 0.0787. The van der Waals surface area contributed by atoms with Gasteiger partial charge in [0.25, 0.3) is 5.91 Å². The van der Waals surface area contributed by atoms with E-state index in [0.29, 0.717) is 34.4 Å². The number of rotatable bonds is 7. The number of amides is 1. The lowest BCUT2D eigenvalue weighted by atomic mass is 10.1. The third-order valence-electron chi connectivity index (χ3n) is 4.30. The van der Waals surface area contributed by atoms with Crippen molar-refractivity contribution < 1.29 is 19.4 Å². The van der Waals surface area contributed by atoms with Crippen LogP contribution in [0.25, 0.3) is 6.08 Å². The number of aromatic hydroxyl groups is 1. The number of carbonyl (C=O) groups excluding carboxylic acids is 1. The van der Waals surface area contributed by atoms with Gasteiger partial charge in [-0.3, -0.25) is 4.79 Å². The molecule has 2 N–H and O–H groups in total. The molecule has 6 nitrogen and oxygen atoms in total. The zero-order valence-corrected chi connectivity index (χ0v) is 17.4. The first-order valence-electron chi connectivity index (χ1n) is 9.26. The first-order chi connectivity index (χ1) is 15.0. The maximum atomic E-state index is 12.4. The summed E-state index contributed by atoms with van der Waals surface area (Å²) < 4.78 is 11.2. The van der Waals surface area contributed by atoms with Crippen molar-refractivity contribution in [1.82, 2.24) is 0 Å². The van der Waals surface area contributed by atoms with E-state index in [9.17, 15) is 15.2 Å². The number of methoxy groups -OCH3 is 1. The SMILES string of the molecule is COc1cc(/C=C(/C#N)C(=O)Nc2ccc(O)cc2)ccc1OCc1ccc(Cl)cc1. The molecule has 3 aromatic rings. The Labute approximate surface area is 184 Å². The molecule has 0 heterocycles. The molecule has 0 fully saturated rings. The van der Waals surface area contributed by atoms with Crippen LogP contribution >= 0.6 is 11.6 Å². The van der Waals surface area contributed by atoms with Crippen LogP contribution in [0.1, 0.15) is 11.1 Å². The van der Waals surface area contributed by atoms with Gasteiger partial charge in [-0.2, -0.15) is 5.26 Å². The van der Waals surface area contributed by atoms with Crippen LogP contribution in [0.15, 0.2) is 72.3 Å². The third-order valence-corrected chi connectivity index (χ3v) is 4.55. The van der Waals surface area contributed by atoms with Crippen LogP contribution in [0, 0.1) is 11.3 Å². The van der Waals surface area contributed by atoms with Crippen LogP contribution in [0.3, 0.4) is 0 Å². The predicted molar refractivity (Wildman–Crippen MR) is 119 cm³/mol. The fourth-order valence-corrected chi connectivity index (χ4v) is 2.82. The zero-order valence-electron chi connectivity index (χ0n) is 16.6. The fraction of sp³-hybridized carbons (Fsp3) is 0.0833. The van der Waals surface area contributed by atoms with Gasteiger partial charge in [0, 0.05) is 10.7 Å². The Kier molecular flexibility index (Phi) is 7.15. The Bertz CT molecular complexity index is 1130. The van der Waals surface area contributed by atoms with Crippen LogP contribution in [0.4, 0.5) is 5.69 Å². The molecule has 0 radical (unpaired) electrons. The number of phenols is 1. The average molecular weight is 435 g/mol. The van der Waals surface area contributed by atoms with Gasteiger partial charge in [0.1, 0.15) is 24.0 Å². The van der Waals surface area contributed by atoms with Crippen molar-refractivity contribution in [1.29, 1.82) is 5.26 Å². The Morgan fingerprint density at radius 3 is 2.45 bits per heavy atom. The Hall–Kier alpha value is -3.95. The summed E-state index contributed by atoms with van der Waals surface area (Å²) in [5.74, 6) is 0.523. The van der Waals surface area contributed by atoms with Crippen molar-refractivity contribution in [2.24, 2.45) is 0 Å². The second-order valence-corrected chi connectivity index (χ2v) is 6.93. The molecule has 0 aromatic heterocycles. The van der Waals surface area contributed by atoms with Crippen LogP contribution in [-0.2, 0) is 11.4 Å². The van der Waals surface area contributed by atoms with Crippen LogP contribution in [0.2, 0.25) is 5.02 Å². The van der Waals surface area contributed by atoms with E-state index in [0.717, 1.165) is 5.56 Å². The minimum atomic E-state index is -0.560. The van der Waals surface area contributed by atoms with Gasteiger partial charge in [0.2, 0.25) is 0 Å². The topological polar surface area (TPSA) is 91.6 Å². The summed E-state index contributed by atoms with van der Waals surface area (Å²) in [5, 5.41) is 22.0. The van der Waals surface area contributed by atoms with E-state index in [1.54, 1.807) is 30.3 Å². The molecule has 156 valence electrons. The highest BCUT2D eigenvalue weighted by molar-refractivity contribution is 6.30. The van der Waals surface area contributed by atoms with E-state index in [4.69, 9.17) is 21.1 Å². The number of nitrogens with one attached hydrogen (secondary N) is 1. The normalized spacial score (nSPS) is 10.8. The van der Waals surface area contributed by atoms with E-state index in [-0.39, 0.29) is 11.3 Å². The van der Waals surface area contributed by atoms with Gasteiger partial charge in [0.05, 0.1) is 7.11 Å². The van der Waals surface area contributed by atoms with E-state index < -0.39 is 5.91 Å². The van der Waals surface area contributed by atoms with Gasteiger partial charge in [-0.05, 0) is 65.7 Å². The van der Waals surface area contributed by atoms with Gasteiger partial charge in [-0.25, -0.2) is 0 Å². The van der Waals surface area contributed by atoms with E-state index in [1.807, 2.05) is 18.2 Å². The monoisotopic (exact) mass is 434 g/mol. The average Bonchev–Trinajstić information content (AvgIpc) is 2.78. The molecule has 0 saturated heterocycles. The molecule has 7 heteroatoms. The zero-order chi connectivity index (χ0) is 22.2. The number of carbonyl (C=O) groups is 1. The Balaban J connectivity index is 1.74. The Morgan fingerprint density at radius 1 is 1.10 bits per heavy atom. The van der Waals surface area contributed by atoms with Crippen LogP contribution in [0.5, 0.6) is 17.2 Å². The van der Waals surface area contributed by atoms with Crippen molar-refractivity contribution in [3.63, 3.8) is 0 Å². The Morgan fingerprint density at radius 2 is 1.81 bits per heavy atom. The van der Waals surface area contributed by atoms with Gasteiger partial charge in [0.15, 0.2) is 11.5 Å². The predicted octanol–water partition coefficient (Wildman–Crippen LogP) is 5.18. The molecule has 0 aliphatic carbocycles. The molecule has 0 atom stereocenters. The summed E-state index contributed by atoms with van der Waals surface area (Å²) in [7, 11) is 1.51. The highest BCUT2D eigenvalue weighted by Gasteiger charge is 2.11. The summed E-state index contributed by atoms with van der Waals surface area (Å²) >= 11 is 5.89. The third kappa shape index (κ3) is 6.01. The van der Waals surface area contributed by atoms with Gasteiger partial charge in [-0.1, -0.05) is 29.8 Å². The molecule has 0 aliphatic heterocycles. The summed E-state index contributed by atoms with van der Waals surface area (Å²) in [6, 6.07) is 20.3. The lowest BCUT2D eigenvalue weighted by molar-refractivity contribution is -0.112. The summed E-state index contributed by atoms with van der Waals surface area (Å²) in [4.78, 5) is 12.4.